The predicted octanol–water partition coefficient (Wildman–Crippen LogP) is 0.954. The zero-order chi connectivity index (χ0) is 9.68. The van der Waals surface area contributed by atoms with Crippen molar-refractivity contribution < 1.29 is 4.79 Å². The van der Waals surface area contributed by atoms with Crippen molar-refractivity contribution in [3.63, 3.8) is 0 Å². The predicted molar refractivity (Wildman–Crippen MR) is 56.8 cm³/mol. The van der Waals surface area contributed by atoms with E-state index in [1.54, 1.807) is 11.8 Å². The largest absolute Gasteiger partial charge is 0.352 e. The molecule has 0 spiro atoms. The molecule has 0 aromatic rings. The summed E-state index contributed by atoms with van der Waals surface area (Å²) in [6.07, 6.45) is 2.03. The molecule has 1 saturated heterocycles. The van der Waals surface area contributed by atoms with E-state index in [0.29, 0.717) is 6.04 Å². The van der Waals surface area contributed by atoms with Crippen LogP contribution in [0, 0.1) is 0 Å². The average molecular weight is 202 g/mol. The molecule has 1 heterocycles. The van der Waals surface area contributed by atoms with Gasteiger partial charge in [-0.3, -0.25) is 10.1 Å². The van der Waals surface area contributed by atoms with E-state index in [0.717, 1.165) is 24.5 Å². The average Bonchev–Trinajstić information content (AvgIpc) is 2.66. The molecule has 1 amide bonds. The molecule has 1 aliphatic rings. The third-order valence-electron chi connectivity index (χ3n) is 2.36. The van der Waals surface area contributed by atoms with E-state index in [1.165, 1.54) is 0 Å². The zero-order valence-electron chi connectivity index (χ0n) is 8.30. The zero-order valence-corrected chi connectivity index (χ0v) is 9.12. The Labute approximate surface area is 84.0 Å². The molecular weight excluding hydrogens is 184 g/mol. The monoisotopic (exact) mass is 202 g/mol. The topological polar surface area (TPSA) is 41.1 Å². The lowest BCUT2D eigenvalue weighted by Gasteiger charge is -2.17. The smallest absolute Gasteiger partial charge is 0.238 e. The van der Waals surface area contributed by atoms with Crippen molar-refractivity contribution in [2.45, 2.75) is 38.8 Å². The summed E-state index contributed by atoms with van der Waals surface area (Å²) in [7, 11) is 0. The number of carbonyl (C=O) groups is 1. The Morgan fingerprint density at radius 2 is 2.31 bits per heavy atom. The van der Waals surface area contributed by atoms with Gasteiger partial charge in [0.15, 0.2) is 0 Å². The van der Waals surface area contributed by atoms with Gasteiger partial charge in [-0.1, -0.05) is 13.8 Å². The second-order valence-corrected chi connectivity index (χ2v) is 4.32. The summed E-state index contributed by atoms with van der Waals surface area (Å²) in [5.41, 5.74) is 0. The summed E-state index contributed by atoms with van der Waals surface area (Å²) in [4.78, 5) is 11.6. The van der Waals surface area contributed by atoms with Crippen molar-refractivity contribution in [3.05, 3.63) is 0 Å². The highest BCUT2D eigenvalue weighted by Gasteiger charge is 2.23. The van der Waals surface area contributed by atoms with E-state index in [-0.39, 0.29) is 11.9 Å². The first-order valence-corrected chi connectivity index (χ1v) is 6.04. The number of nitrogens with one attached hydrogen (secondary N) is 2. The van der Waals surface area contributed by atoms with Crippen molar-refractivity contribution >= 4 is 17.7 Å². The number of carbonyl (C=O) groups excluding carboxylic acids is 1. The number of thioether (sulfide) groups is 1. The summed E-state index contributed by atoms with van der Waals surface area (Å²) in [5.74, 6) is 1.98. The summed E-state index contributed by atoms with van der Waals surface area (Å²) in [6.45, 7) is 4.20. The van der Waals surface area contributed by atoms with E-state index >= 15 is 0 Å². The Hall–Kier alpha value is -0.220. The van der Waals surface area contributed by atoms with Crippen LogP contribution in [0.5, 0.6) is 0 Å². The van der Waals surface area contributed by atoms with Crippen LogP contribution in [0.15, 0.2) is 0 Å². The first kappa shape index (κ1) is 10.9. The molecule has 3 nitrogen and oxygen atoms in total. The molecule has 0 bridgehead atoms. The van der Waals surface area contributed by atoms with Gasteiger partial charge >= 0.3 is 0 Å². The minimum absolute atomic E-state index is 0.0330. The Morgan fingerprint density at radius 3 is 2.77 bits per heavy atom. The molecule has 4 heteroatoms. The quantitative estimate of drug-likeness (QED) is 0.713. The van der Waals surface area contributed by atoms with Gasteiger partial charge in [0.25, 0.3) is 0 Å². The molecular formula is C9H18N2OS. The molecule has 0 aromatic carbocycles. The van der Waals surface area contributed by atoms with Crippen LogP contribution in [0.3, 0.4) is 0 Å². The number of hydrogen-bond donors (Lipinski definition) is 2. The fourth-order valence-corrected chi connectivity index (χ4v) is 2.30. The Kier molecular flexibility index (Phi) is 4.59. The standard InChI is InChI=1S/C9H18N2OS/c1-3-7(4-2)11-9(12)8-5-13-6-10-8/h7-8,10H,3-6H2,1-2H3,(H,11,12). The van der Waals surface area contributed by atoms with Crippen LogP contribution < -0.4 is 10.6 Å². The van der Waals surface area contributed by atoms with E-state index < -0.39 is 0 Å². The van der Waals surface area contributed by atoms with Crippen molar-refractivity contribution in [1.82, 2.24) is 10.6 Å². The molecule has 2 N–H and O–H groups in total. The van der Waals surface area contributed by atoms with Crippen LogP contribution in [0.25, 0.3) is 0 Å². The fourth-order valence-electron chi connectivity index (χ4n) is 1.36. The van der Waals surface area contributed by atoms with Crippen molar-refractivity contribution in [3.8, 4) is 0 Å². The summed E-state index contributed by atoms with van der Waals surface area (Å²) in [6, 6.07) is 0.380. The Morgan fingerprint density at radius 1 is 1.62 bits per heavy atom. The summed E-state index contributed by atoms with van der Waals surface area (Å²) < 4.78 is 0. The molecule has 0 aromatic heterocycles. The lowest BCUT2D eigenvalue weighted by atomic mass is 10.1. The molecule has 0 saturated carbocycles. The van der Waals surface area contributed by atoms with E-state index in [2.05, 4.69) is 24.5 Å². The van der Waals surface area contributed by atoms with Gasteiger partial charge in [-0.05, 0) is 12.8 Å². The lowest BCUT2D eigenvalue weighted by Crippen LogP contribution is -2.46. The van der Waals surface area contributed by atoms with Crippen molar-refractivity contribution in [2.24, 2.45) is 0 Å². The van der Waals surface area contributed by atoms with Crippen LogP contribution in [-0.4, -0.2) is 29.6 Å². The van der Waals surface area contributed by atoms with Crippen LogP contribution in [-0.2, 0) is 4.79 Å². The van der Waals surface area contributed by atoms with Gasteiger partial charge in [0.05, 0.1) is 6.04 Å². The highest BCUT2D eigenvalue weighted by Crippen LogP contribution is 2.10. The fraction of sp³-hybridized carbons (Fsp3) is 0.889. The number of amides is 1. The third-order valence-corrected chi connectivity index (χ3v) is 3.30. The second kappa shape index (κ2) is 5.50. The number of rotatable bonds is 4. The first-order valence-electron chi connectivity index (χ1n) is 4.89. The molecule has 1 rings (SSSR count). The minimum atomic E-state index is 0.0330. The minimum Gasteiger partial charge on any atom is -0.352 e. The lowest BCUT2D eigenvalue weighted by molar-refractivity contribution is -0.123. The van der Waals surface area contributed by atoms with Crippen molar-refractivity contribution in [2.75, 3.05) is 11.6 Å². The summed E-state index contributed by atoms with van der Waals surface area (Å²) >= 11 is 1.78. The highest BCUT2D eigenvalue weighted by molar-refractivity contribution is 7.99. The third kappa shape index (κ3) is 3.19. The first-order chi connectivity index (χ1) is 6.27. The van der Waals surface area contributed by atoms with E-state index in [9.17, 15) is 4.79 Å². The Balaban J connectivity index is 2.30. The molecule has 1 fully saturated rings. The molecule has 1 aliphatic heterocycles. The molecule has 0 radical (unpaired) electrons. The van der Waals surface area contributed by atoms with Crippen LogP contribution in [0.4, 0.5) is 0 Å². The van der Waals surface area contributed by atoms with Gasteiger partial charge in [0, 0.05) is 17.7 Å². The molecule has 1 unspecified atom stereocenters. The summed E-state index contributed by atoms with van der Waals surface area (Å²) in [5, 5.41) is 6.20. The normalized spacial score (nSPS) is 22.2. The van der Waals surface area contributed by atoms with Gasteiger partial charge in [-0.25, -0.2) is 0 Å². The Bertz CT molecular complexity index is 165. The maximum Gasteiger partial charge on any atom is 0.238 e. The molecule has 76 valence electrons. The van der Waals surface area contributed by atoms with Gasteiger partial charge in [-0.15, -0.1) is 11.8 Å². The molecule has 0 aliphatic carbocycles. The van der Waals surface area contributed by atoms with Gasteiger partial charge in [0.1, 0.15) is 0 Å². The highest BCUT2D eigenvalue weighted by atomic mass is 32.2. The van der Waals surface area contributed by atoms with Crippen LogP contribution in [0.2, 0.25) is 0 Å². The van der Waals surface area contributed by atoms with E-state index in [4.69, 9.17) is 0 Å². The van der Waals surface area contributed by atoms with Crippen LogP contribution in [0.1, 0.15) is 26.7 Å². The van der Waals surface area contributed by atoms with Gasteiger partial charge in [0.2, 0.25) is 5.91 Å². The maximum absolute atomic E-state index is 11.6. The molecule has 13 heavy (non-hydrogen) atoms. The maximum atomic E-state index is 11.6. The van der Waals surface area contributed by atoms with E-state index in [1.807, 2.05) is 0 Å². The number of hydrogen-bond acceptors (Lipinski definition) is 3. The van der Waals surface area contributed by atoms with Crippen LogP contribution >= 0.6 is 11.8 Å². The molecule has 1 atom stereocenters. The van der Waals surface area contributed by atoms with Gasteiger partial charge < -0.3 is 5.32 Å². The van der Waals surface area contributed by atoms with Gasteiger partial charge in [-0.2, -0.15) is 0 Å². The second-order valence-electron chi connectivity index (χ2n) is 3.29. The SMILES string of the molecule is CCC(CC)NC(=O)C1CSCN1. The van der Waals surface area contributed by atoms with Crippen molar-refractivity contribution in [1.29, 1.82) is 0 Å².